The maximum atomic E-state index is 6.53. The SMILES string of the molecule is COc1cccc(C(O[Si](C)(C)C)c2sc(C)c(C)[n+]2C)c1. The van der Waals surface area contributed by atoms with Crippen molar-refractivity contribution >= 4 is 19.7 Å². The average Bonchev–Trinajstić information content (AvgIpc) is 2.71. The number of aromatic nitrogens is 1. The Hall–Kier alpha value is -1.17. The fraction of sp³-hybridized carbons (Fsp3) is 0.471. The first kappa shape index (κ1) is 17.2. The summed E-state index contributed by atoms with van der Waals surface area (Å²) in [5.74, 6) is 0.870. The molecule has 1 unspecified atom stereocenters. The van der Waals surface area contributed by atoms with E-state index in [2.05, 4.69) is 57.2 Å². The fourth-order valence-electron chi connectivity index (χ4n) is 2.35. The van der Waals surface area contributed by atoms with Crippen LogP contribution in [0.4, 0.5) is 0 Å². The van der Waals surface area contributed by atoms with Crippen LogP contribution in [-0.4, -0.2) is 15.4 Å². The van der Waals surface area contributed by atoms with Gasteiger partial charge in [-0.15, -0.1) is 0 Å². The summed E-state index contributed by atoms with van der Waals surface area (Å²) in [6, 6.07) is 8.20. The van der Waals surface area contributed by atoms with E-state index in [4.69, 9.17) is 9.16 Å². The van der Waals surface area contributed by atoms with Crippen molar-refractivity contribution in [1.29, 1.82) is 0 Å². The normalized spacial score (nSPS) is 13.2. The number of ether oxygens (including phenoxy) is 1. The number of rotatable bonds is 5. The van der Waals surface area contributed by atoms with Gasteiger partial charge in [-0.3, -0.25) is 0 Å². The summed E-state index contributed by atoms with van der Waals surface area (Å²) in [6.45, 7) is 11.0. The molecule has 1 aromatic carbocycles. The van der Waals surface area contributed by atoms with Crippen molar-refractivity contribution in [3.63, 3.8) is 0 Å². The van der Waals surface area contributed by atoms with Gasteiger partial charge in [-0.2, -0.15) is 4.57 Å². The molecule has 3 nitrogen and oxygen atoms in total. The van der Waals surface area contributed by atoms with Gasteiger partial charge in [-0.25, -0.2) is 0 Å². The number of nitrogens with zero attached hydrogens (tertiary/aromatic N) is 1. The molecule has 0 radical (unpaired) electrons. The van der Waals surface area contributed by atoms with Crippen LogP contribution in [0.3, 0.4) is 0 Å². The monoisotopic (exact) mass is 336 g/mol. The van der Waals surface area contributed by atoms with Crippen molar-refractivity contribution in [1.82, 2.24) is 0 Å². The minimum atomic E-state index is -1.69. The van der Waals surface area contributed by atoms with Gasteiger partial charge in [0.05, 0.1) is 12.0 Å². The number of methoxy groups -OCH3 is 1. The van der Waals surface area contributed by atoms with Crippen LogP contribution in [0.2, 0.25) is 19.6 Å². The molecular formula is C17H26NO2SSi+. The second-order valence-corrected chi connectivity index (χ2v) is 12.2. The molecule has 0 amide bonds. The first-order valence-electron chi connectivity index (χ1n) is 7.50. The van der Waals surface area contributed by atoms with Gasteiger partial charge < -0.3 is 9.16 Å². The van der Waals surface area contributed by atoms with Crippen LogP contribution in [0, 0.1) is 13.8 Å². The zero-order chi connectivity index (χ0) is 16.5. The van der Waals surface area contributed by atoms with Crippen molar-refractivity contribution in [2.24, 2.45) is 7.05 Å². The van der Waals surface area contributed by atoms with Crippen molar-refractivity contribution in [3.8, 4) is 5.75 Å². The average molecular weight is 337 g/mol. The maximum Gasteiger partial charge on any atom is 0.270 e. The zero-order valence-corrected chi connectivity index (χ0v) is 16.4. The third-order valence-electron chi connectivity index (χ3n) is 3.69. The van der Waals surface area contributed by atoms with Crippen LogP contribution in [0.1, 0.15) is 27.2 Å². The van der Waals surface area contributed by atoms with E-state index in [-0.39, 0.29) is 6.10 Å². The highest BCUT2D eigenvalue weighted by atomic mass is 32.1. The quantitative estimate of drug-likeness (QED) is 0.605. The van der Waals surface area contributed by atoms with Gasteiger partial charge in [0, 0.05) is 6.92 Å². The third kappa shape index (κ3) is 3.77. The molecule has 0 fully saturated rings. The Balaban J connectivity index is 2.53. The molecule has 0 saturated heterocycles. The first-order chi connectivity index (χ1) is 10.2. The molecule has 22 heavy (non-hydrogen) atoms. The van der Waals surface area contributed by atoms with Crippen LogP contribution >= 0.6 is 11.3 Å². The molecule has 0 aliphatic heterocycles. The van der Waals surface area contributed by atoms with Crippen LogP contribution in [0.5, 0.6) is 5.75 Å². The van der Waals surface area contributed by atoms with E-state index in [1.807, 2.05) is 23.5 Å². The Morgan fingerprint density at radius 2 is 1.86 bits per heavy atom. The fourth-order valence-corrected chi connectivity index (χ4v) is 4.55. The molecule has 0 saturated carbocycles. The molecule has 0 N–H and O–H groups in total. The summed E-state index contributed by atoms with van der Waals surface area (Å²) in [4.78, 5) is 1.34. The van der Waals surface area contributed by atoms with Crippen LogP contribution in [0.25, 0.3) is 0 Å². The summed E-state index contributed by atoms with van der Waals surface area (Å²) in [7, 11) is 2.13. The summed E-state index contributed by atoms with van der Waals surface area (Å²) in [6.07, 6.45) is -0.0378. The van der Waals surface area contributed by atoms with E-state index in [0.29, 0.717) is 0 Å². The minimum Gasteiger partial charge on any atom is -0.497 e. The number of benzene rings is 1. The third-order valence-corrected chi connectivity index (χ3v) is 5.93. The highest BCUT2D eigenvalue weighted by molar-refractivity contribution is 7.11. The molecule has 1 heterocycles. The Bertz CT molecular complexity index is 661. The lowest BCUT2D eigenvalue weighted by atomic mass is 10.1. The molecule has 5 heteroatoms. The lowest BCUT2D eigenvalue weighted by molar-refractivity contribution is -0.682. The summed E-state index contributed by atoms with van der Waals surface area (Å²) in [5, 5.41) is 1.24. The van der Waals surface area contributed by atoms with Crippen molar-refractivity contribution in [2.45, 2.75) is 39.6 Å². The number of hydrogen-bond donors (Lipinski definition) is 0. The largest absolute Gasteiger partial charge is 0.497 e. The minimum absolute atomic E-state index is 0.0378. The predicted molar refractivity (Wildman–Crippen MR) is 94.2 cm³/mol. The Kier molecular flexibility index (Phi) is 5.09. The van der Waals surface area contributed by atoms with Gasteiger partial charge in [-0.05, 0) is 44.3 Å². The van der Waals surface area contributed by atoms with Crippen LogP contribution < -0.4 is 9.30 Å². The van der Waals surface area contributed by atoms with E-state index in [1.54, 1.807) is 7.11 Å². The lowest BCUT2D eigenvalue weighted by Crippen LogP contribution is -2.38. The van der Waals surface area contributed by atoms with E-state index in [0.717, 1.165) is 11.3 Å². The van der Waals surface area contributed by atoms with Gasteiger partial charge in [-0.1, -0.05) is 23.5 Å². The standard InChI is InChI=1S/C17H26NO2SSi/c1-12-13(2)21-17(18(12)3)16(20-22(5,6)7)14-9-8-10-15(11-14)19-4/h8-11,16H,1-7H3/q+1. The highest BCUT2D eigenvalue weighted by Crippen LogP contribution is 2.33. The van der Waals surface area contributed by atoms with E-state index in [9.17, 15) is 0 Å². The molecule has 0 aliphatic carbocycles. The Labute approximate surface area is 138 Å². The Morgan fingerprint density at radius 3 is 2.36 bits per heavy atom. The molecule has 120 valence electrons. The van der Waals surface area contributed by atoms with Crippen molar-refractivity contribution < 1.29 is 13.7 Å². The molecule has 0 bridgehead atoms. The van der Waals surface area contributed by atoms with Crippen LogP contribution in [-0.2, 0) is 11.5 Å². The Morgan fingerprint density at radius 1 is 1.18 bits per heavy atom. The highest BCUT2D eigenvalue weighted by Gasteiger charge is 2.32. The smallest absolute Gasteiger partial charge is 0.270 e. The lowest BCUT2D eigenvalue weighted by Gasteiger charge is -2.24. The van der Waals surface area contributed by atoms with E-state index in [1.165, 1.54) is 15.6 Å². The second-order valence-electron chi connectivity index (χ2n) is 6.53. The summed E-state index contributed by atoms with van der Waals surface area (Å²) >= 11 is 1.82. The van der Waals surface area contributed by atoms with Gasteiger partial charge in [0.2, 0.25) is 0 Å². The number of aryl methyl sites for hydroxylation is 1. The predicted octanol–water partition coefficient (Wildman–Crippen LogP) is 4.14. The molecule has 1 atom stereocenters. The van der Waals surface area contributed by atoms with Gasteiger partial charge in [0.15, 0.2) is 20.1 Å². The molecule has 1 aromatic heterocycles. The molecule has 2 rings (SSSR count). The topological polar surface area (TPSA) is 22.3 Å². The maximum absolute atomic E-state index is 6.53. The van der Waals surface area contributed by atoms with Gasteiger partial charge in [0.25, 0.3) is 5.01 Å². The number of hydrogen-bond acceptors (Lipinski definition) is 3. The van der Waals surface area contributed by atoms with Crippen LogP contribution in [0.15, 0.2) is 24.3 Å². The van der Waals surface area contributed by atoms with Crippen molar-refractivity contribution in [2.75, 3.05) is 7.11 Å². The van der Waals surface area contributed by atoms with E-state index >= 15 is 0 Å². The zero-order valence-electron chi connectivity index (χ0n) is 14.6. The van der Waals surface area contributed by atoms with Crippen molar-refractivity contribution in [3.05, 3.63) is 45.4 Å². The molecule has 0 aliphatic rings. The molecular weight excluding hydrogens is 310 g/mol. The van der Waals surface area contributed by atoms with E-state index < -0.39 is 8.32 Å². The molecule has 2 aromatic rings. The molecule has 0 spiro atoms. The summed E-state index contributed by atoms with van der Waals surface area (Å²) < 4.78 is 14.2. The first-order valence-corrected chi connectivity index (χ1v) is 11.7. The van der Waals surface area contributed by atoms with Gasteiger partial charge in [0.1, 0.15) is 12.8 Å². The second kappa shape index (κ2) is 6.52. The number of thiazole rings is 1. The van der Waals surface area contributed by atoms with Gasteiger partial charge >= 0.3 is 0 Å². The summed E-state index contributed by atoms with van der Waals surface area (Å²) in [5.41, 5.74) is 2.45.